The van der Waals surface area contributed by atoms with Gasteiger partial charge >= 0.3 is 11.9 Å². The van der Waals surface area contributed by atoms with Crippen LogP contribution in [0.1, 0.15) is 34.6 Å². The van der Waals surface area contributed by atoms with Crippen LogP contribution in [0.4, 0.5) is 0 Å². The Morgan fingerprint density at radius 2 is 1.12 bits per heavy atom. The van der Waals surface area contributed by atoms with Crippen molar-refractivity contribution in [1.29, 1.82) is 0 Å². The molecule has 0 unspecified atom stereocenters. The van der Waals surface area contributed by atoms with Crippen LogP contribution in [0, 0.1) is 0 Å². The van der Waals surface area contributed by atoms with E-state index in [-0.39, 0.29) is 13.2 Å². The number of carbonyl (C=O) groups is 2. The molecule has 0 aliphatic rings. The minimum atomic E-state index is -0.507. The van der Waals surface area contributed by atoms with E-state index in [4.69, 9.17) is 32.7 Å². The van der Waals surface area contributed by atoms with Gasteiger partial charge in [0, 0.05) is 21.0 Å². The third-order valence-corrected chi connectivity index (χ3v) is 6.13. The van der Waals surface area contributed by atoms with E-state index in [1.165, 1.54) is 0 Å². The number of hydrogen-bond acceptors (Lipinski definition) is 4. The number of carbonyl (C=O) groups excluding carboxylic acids is 2. The standard InChI is InChI=1S/C28H22Cl2O4/c1-3-33-27(31)23-16-22(20-9-5-6-13-25(20)29)24(28(32)34-4-2)15-21(23)18-10-7-12-19-17(18)11-8-14-26(19)30/h5-16H,3-4H2,1-2H3. The second-order valence-corrected chi connectivity index (χ2v) is 8.32. The first-order chi connectivity index (χ1) is 16.5. The number of ether oxygens (including phenoxy) is 2. The van der Waals surface area contributed by atoms with Crippen molar-refractivity contribution < 1.29 is 19.1 Å². The summed E-state index contributed by atoms with van der Waals surface area (Å²) in [6.45, 7) is 3.91. The molecule has 0 saturated heterocycles. The topological polar surface area (TPSA) is 52.6 Å². The molecule has 4 rings (SSSR count). The minimum absolute atomic E-state index is 0.208. The van der Waals surface area contributed by atoms with Gasteiger partial charge in [-0.25, -0.2) is 9.59 Å². The van der Waals surface area contributed by atoms with Crippen LogP contribution in [0.15, 0.2) is 72.8 Å². The Morgan fingerprint density at radius 1 is 0.618 bits per heavy atom. The van der Waals surface area contributed by atoms with Gasteiger partial charge in [-0.2, -0.15) is 0 Å². The number of halogens is 2. The van der Waals surface area contributed by atoms with E-state index in [1.807, 2.05) is 42.5 Å². The molecule has 0 aromatic heterocycles. The highest BCUT2D eigenvalue weighted by Crippen LogP contribution is 2.39. The summed E-state index contributed by atoms with van der Waals surface area (Å²) in [6, 6.07) is 21.7. The van der Waals surface area contributed by atoms with Crippen molar-refractivity contribution in [3.8, 4) is 22.3 Å². The van der Waals surface area contributed by atoms with E-state index in [9.17, 15) is 9.59 Å². The highest BCUT2D eigenvalue weighted by Gasteiger charge is 2.24. The van der Waals surface area contributed by atoms with Crippen molar-refractivity contribution in [3.05, 3.63) is 94.0 Å². The molecule has 0 atom stereocenters. The highest BCUT2D eigenvalue weighted by molar-refractivity contribution is 6.36. The van der Waals surface area contributed by atoms with E-state index in [2.05, 4.69) is 0 Å². The molecule has 34 heavy (non-hydrogen) atoms. The highest BCUT2D eigenvalue weighted by atomic mass is 35.5. The summed E-state index contributed by atoms with van der Waals surface area (Å²) in [5.74, 6) is -1.01. The van der Waals surface area contributed by atoms with Crippen LogP contribution >= 0.6 is 23.2 Å². The first-order valence-corrected chi connectivity index (χ1v) is 11.7. The summed E-state index contributed by atoms with van der Waals surface area (Å²) < 4.78 is 10.7. The lowest BCUT2D eigenvalue weighted by atomic mass is 9.88. The van der Waals surface area contributed by atoms with Gasteiger partial charge in [0.2, 0.25) is 0 Å². The van der Waals surface area contributed by atoms with E-state index in [0.29, 0.717) is 37.9 Å². The van der Waals surface area contributed by atoms with Crippen molar-refractivity contribution in [2.75, 3.05) is 13.2 Å². The molecular formula is C28H22Cl2O4. The van der Waals surface area contributed by atoms with Crippen molar-refractivity contribution in [2.45, 2.75) is 13.8 Å². The number of hydrogen-bond donors (Lipinski definition) is 0. The van der Waals surface area contributed by atoms with Crippen LogP contribution < -0.4 is 0 Å². The molecule has 0 fully saturated rings. The van der Waals surface area contributed by atoms with Gasteiger partial charge in [-0.15, -0.1) is 0 Å². The minimum Gasteiger partial charge on any atom is -0.462 e. The Kier molecular flexibility index (Phi) is 7.20. The molecule has 0 N–H and O–H groups in total. The molecule has 4 aromatic rings. The van der Waals surface area contributed by atoms with Crippen LogP contribution in [0.5, 0.6) is 0 Å². The lowest BCUT2D eigenvalue weighted by Gasteiger charge is -2.18. The molecule has 0 saturated carbocycles. The fourth-order valence-electron chi connectivity index (χ4n) is 3.99. The van der Waals surface area contributed by atoms with Crippen LogP contribution in [0.3, 0.4) is 0 Å². The Labute approximate surface area is 208 Å². The molecule has 6 heteroatoms. The lowest BCUT2D eigenvalue weighted by Crippen LogP contribution is -2.12. The SMILES string of the molecule is CCOC(=O)c1cc(-c2cccc3c(Cl)cccc23)c(C(=O)OCC)cc1-c1ccccc1Cl. The van der Waals surface area contributed by atoms with Gasteiger partial charge in [0.05, 0.1) is 24.3 Å². The maximum atomic E-state index is 13.1. The lowest BCUT2D eigenvalue weighted by molar-refractivity contribution is 0.0513. The van der Waals surface area contributed by atoms with Gasteiger partial charge in [0.15, 0.2) is 0 Å². The van der Waals surface area contributed by atoms with Crippen molar-refractivity contribution in [1.82, 2.24) is 0 Å². The molecule has 172 valence electrons. The fourth-order valence-corrected chi connectivity index (χ4v) is 4.46. The molecule has 0 spiro atoms. The molecule has 0 amide bonds. The monoisotopic (exact) mass is 492 g/mol. The van der Waals surface area contributed by atoms with Gasteiger partial charge in [-0.1, -0.05) is 71.7 Å². The zero-order valence-electron chi connectivity index (χ0n) is 18.7. The molecule has 4 nitrogen and oxygen atoms in total. The third-order valence-electron chi connectivity index (χ3n) is 5.47. The normalized spacial score (nSPS) is 10.8. The van der Waals surface area contributed by atoms with E-state index in [0.717, 1.165) is 16.3 Å². The molecule has 0 aliphatic carbocycles. The third kappa shape index (κ3) is 4.52. The second kappa shape index (κ2) is 10.3. The van der Waals surface area contributed by atoms with Gasteiger partial charge in [-0.3, -0.25) is 0 Å². The Bertz CT molecular complexity index is 1390. The summed E-state index contributed by atoms with van der Waals surface area (Å²) in [6.07, 6.45) is 0. The van der Waals surface area contributed by atoms with Gasteiger partial charge in [0.25, 0.3) is 0 Å². The predicted octanol–water partition coefficient (Wildman–Crippen LogP) is 7.83. The number of rotatable bonds is 6. The fraction of sp³-hybridized carbons (Fsp3) is 0.143. The summed E-state index contributed by atoms with van der Waals surface area (Å²) in [5.41, 5.74) is 3.03. The number of benzene rings is 4. The number of esters is 2. The van der Waals surface area contributed by atoms with Crippen LogP contribution in [-0.2, 0) is 9.47 Å². The molecular weight excluding hydrogens is 471 g/mol. The van der Waals surface area contributed by atoms with Gasteiger partial charge < -0.3 is 9.47 Å². The van der Waals surface area contributed by atoms with Gasteiger partial charge in [-0.05, 0) is 60.2 Å². The molecule has 0 bridgehead atoms. The van der Waals surface area contributed by atoms with Crippen LogP contribution in [0.2, 0.25) is 10.0 Å². The van der Waals surface area contributed by atoms with Crippen molar-refractivity contribution in [2.24, 2.45) is 0 Å². The van der Waals surface area contributed by atoms with E-state index >= 15 is 0 Å². The number of fused-ring (bicyclic) bond motifs is 1. The van der Waals surface area contributed by atoms with Crippen molar-refractivity contribution in [3.63, 3.8) is 0 Å². The summed E-state index contributed by atoms with van der Waals surface area (Å²) >= 11 is 12.9. The zero-order valence-corrected chi connectivity index (χ0v) is 20.2. The first-order valence-electron chi connectivity index (χ1n) is 10.9. The van der Waals surface area contributed by atoms with E-state index in [1.54, 1.807) is 44.2 Å². The maximum Gasteiger partial charge on any atom is 0.338 e. The largest absolute Gasteiger partial charge is 0.462 e. The molecule has 0 radical (unpaired) electrons. The van der Waals surface area contributed by atoms with Gasteiger partial charge in [0.1, 0.15) is 0 Å². The quantitative estimate of drug-likeness (QED) is 0.257. The molecule has 0 heterocycles. The average Bonchev–Trinajstić information content (AvgIpc) is 2.84. The summed E-state index contributed by atoms with van der Waals surface area (Å²) in [5, 5.41) is 2.73. The average molecular weight is 493 g/mol. The van der Waals surface area contributed by atoms with E-state index < -0.39 is 11.9 Å². The molecule has 4 aromatic carbocycles. The molecule has 0 aliphatic heterocycles. The van der Waals surface area contributed by atoms with Crippen LogP contribution in [-0.4, -0.2) is 25.2 Å². The first kappa shape index (κ1) is 23.8. The smallest absolute Gasteiger partial charge is 0.338 e. The van der Waals surface area contributed by atoms with Crippen molar-refractivity contribution >= 4 is 45.9 Å². The maximum absolute atomic E-state index is 13.1. The Morgan fingerprint density at radius 3 is 1.74 bits per heavy atom. The second-order valence-electron chi connectivity index (χ2n) is 7.50. The summed E-state index contributed by atoms with van der Waals surface area (Å²) in [7, 11) is 0. The zero-order chi connectivity index (χ0) is 24.2. The Balaban J connectivity index is 2.09. The Hall–Kier alpha value is -3.34. The van der Waals surface area contributed by atoms with Crippen LogP contribution in [0.25, 0.3) is 33.0 Å². The summed E-state index contributed by atoms with van der Waals surface area (Å²) in [4.78, 5) is 26.2. The predicted molar refractivity (Wildman–Crippen MR) is 137 cm³/mol.